The van der Waals surface area contributed by atoms with Gasteiger partial charge in [-0.1, -0.05) is 32.9 Å². The van der Waals surface area contributed by atoms with Gasteiger partial charge in [-0.2, -0.15) is 9.78 Å². The highest BCUT2D eigenvalue weighted by Gasteiger charge is 2.26. The number of hydrogen-bond acceptors (Lipinski definition) is 5. The van der Waals surface area contributed by atoms with Crippen LogP contribution in [0.15, 0.2) is 53.7 Å². The molecular formula is C20H23N5O2S. The fourth-order valence-electron chi connectivity index (χ4n) is 2.91. The summed E-state index contributed by atoms with van der Waals surface area (Å²) >= 11 is 0. The molecule has 0 saturated heterocycles. The van der Waals surface area contributed by atoms with E-state index in [1.54, 1.807) is 36.7 Å². The largest absolute Gasteiger partial charge is 0.263 e. The Kier molecular flexibility index (Phi) is 4.45. The van der Waals surface area contributed by atoms with Crippen LogP contribution in [0.4, 0.5) is 5.82 Å². The van der Waals surface area contributed by atoms with Crippen molar-refractivity contribution in [1.29, 1.82) is 0 Å². The molecule has 0 amide bonds. The molecule has 0 atom stereocenters. The predicted molar refractivity (Wildman–Crippen MR) is 107 cm³/mol. The Bertz CT molecular complexity index is 1080. The lowest BCUT2D eigenvalue weighted by atomic mass is 9.92. The van der Waals surface area contributed by atoms with Gasteiger partial charge in [0.05, 0.1) is 10.6 Å². The van der Waals surface area contributed by atoms with Crippen LogP contribution in [0.1, 0.15) is 50.8 Å². The Morgan fingerprint density at radius 1 is 1.07 bits per heavy atom. The zero-order valence-corrected chi connectivity index (χ0v) is 16.9. The number of benzene rings is 1. The average molecular weight is 398 g/mol. The first kappa shape index (κ1) is 18.6. The van der Waals surface area contributed by atoms with Crippen molar-refractivity contribution in [3.05, 3.63) is 60.0 Å². The summed E-state index contributed by atoms with van der Waals surface area (Å²) in [5.74, 6) is 1.19. The van der Waals surface area contributed by atoms with Crippen LogP contribution in [0.3, 0.4) is 0 Å². The maximum absolute atomic E-state index is 12.9. The van der Waals surface area contributed by atoms with Gasteiger partial charge in [-0.05, 0) is 42.5 Å². The van der Waals surface area contributed by atoms with Crippen LogP contribution >= 0.6 is 0 Å². The maximum atomic E-state index is 12.9. The molecule has 2 aromatic heterocycles. The van der Waals surface area contributed by atoms with E-state index in [1.165, 1.54) is 23.1 Å². The van der Waals surface area contributed by atoms with E-state index in [9.17, 15) is 8.42 Å². The second-order valence-corrected chi connectivity index (χ2v) is 9.76. The number of anilines is 1. The van der Waals surface area contributed by atoms with Crippen molar-refractivity contribution < 1.29 is 8.42 Å². The molecule has 1 saturated carbocycles. The lowest BCUT2D eigenvalue weighted by Gasteiger charge is -2.13. The molecule has 0 aliphatic heterocycles. The molecule has 1 fully saturated rings. The highest BCUT2D eigenvalue weighted by molar-refractivity contribution is 7.92. The zero-order valence-electron chi connectivity index (χ0n) is 16.1. The molecule has 0 unspecified atom stereocenters. The summed E-state index contributed by atoms with van der Waals surface area (Å²) in [6.45, 7) is 6.04. The quantitative estimate of drug-likeness (QED) is 0.710. The predicted octanol–water partition coefficient (Wildman–Crippen LogP) is 3.64. The zero-order chi connectivity index (χ0) is 19.9. The van der Waals surface area contributed by atoms with Crippen LogP contribution in [-0.2, 0) is 15.4 Å². The molecule has 8 heteroatoms. The highest BCUT2D eigenvalue weighted by atomic mass is 32.2. The number of aromatic nitrogens is 4. The number of hydrogen-bond donors (Lipinski definition) is 1. The Hall–Kier alpha value is -2.74. The molecule has 1 aliphatic carbocycles. The molecule has 1 N–H and O–H groups in total. The van der Waals surface area contributed by atoms with Gasteiger partial charge >= 0.3 is 0 Å². The van der Waals surface area contributed by atoms with E-state index in [0.717, 1.165) is 5.69 Å². The average Bonchev–Trinajstić information content (AvgIpc) is 3.42. The van der Waals surface area contributed by atoms with Crippen LogP contribution in [0.25, 0.3) is 5.95 Å². The van der Waals surface area contributed by atoms with Crippen LogP contribution < -0.4 is 4.72 Å². The van der Waals surface area contributed by atoms with E-state index >= 15 is 0 Å². The summed E-state index contributed by atoms with van der Waals surface area (Å²) in [7, 11) is -3.76. The van der Waals surface area contributed by atoms with Gasteiger partial charge in [-0.15, -0.1) is 0 Å². The van der Waals surface area contributed by atoms with Crippen LogP contribution in [0.5, 0.6) is 0 Å². The van der Waals surface area contributed by atoms with Crippen molar-refractivity contribution in [2.75, 3.05) is 4.72 Å². The monoisotopic (exact) mass is 397 g/mol. The standard InChI is InChI=1S/C20H23N5O2S/c1-20(2,3)17-13-18(25(23-17)19-21-11-4-12-22-19)24-28(26,27)16-9-7-15(8-10-16)14-5-6-14/h4,7-14,24H,5-6H2,1-3H3. The van der Waals surface area contributed by atoms with Gasteiger partial charge in [0.1, 0.15) is 5.82 Å². The smallest absolute Gasteiger partial charge is 0.263 e. The Morgan fingerprint density at radius 2 is 1.71 bits per heavy atom. The van der Waals surface area contributed by atoms with Crippen molar-refractivity contribution >= 4 is 15.8 Å². The second kappa shape index (κ2) is 6.70. The van der Waals surface area contributed by atoms with Crippen molar-refractivity contribution in [3.8, 4) is 5.95 Å². The van der Waals surface area contributed by atoms with Gasteiger partial charge in [0.15, 0.2) is 0 Å². The summed E-state index contributed by atoms with van der Waals surface area (Å²) in [4.78, 5) is 8.62. The summed E-state index contributed by atoms with van der Waals surface area (Å²) in [5.41, 5.74) is 1.67. The van der Waals surface area contributed by atoms with E-state index in [-0.39, 0.29) is 10.3 Å². The molecule has 3 aromatic rings. The van der Waals surface area contributed by atoms with Crippen LogP contribution in [0, 0.1) is 0 Å². The highest BCUT2D eigenvalue weighted by Crippen LogP contribution is 2.40. The molecule has 0 spiro atoms. The summed E-state index contributed by atoms with van der Waals surface area (Å²) in [5, 5.41) is 4.54. The second-order valence-electron chi connectivity index (χ2n) is 8.07. The minimum Gasteiger partial charge on any atom is -0.263 e. The van der Waals surface area contributed by atoms with Crippen molar-refractivity contribution in [3.63, 3.8) is 0 Å². The van der Waals surface area contributed by atoms with Crippen molar-refractivity contribution in [2.45, 2.75) is 49.8 Å². The third-order valence-electron chi connectivity index (χ3n) is 4.70. The van der Waals surface area contributed by atoms with Crippen LogP contribution in [0.2, 0.25) is 0 Å². The van der Waals surface area contributed by atoms with Gasteiger partial charge in [0.25, 0.3) is 16.0 Å². The molecule has 1 aromatic carbocycles. The van der Waals surface area contributed by atoms with Gasteiger partial charge in [0.2, 0.25) is 0 Å². The van der Waals surface area contributed by atoms with Crippen molar-refractivity contribution in [2.24, 2.45) is 0 Å². The van der Waals surface area contributed by atoms with Gasteiger partial charge in [-0.25, -0.2) is 18.4 Å². The minimum atomic E-state index is -3.76. The molecule has 146 valence electrons. The lowest BCUT2D eigenvalue weighted by Crippen LogP contribution is -2.17. The van der Waals surface area contributed by atoms with E-state index in [0.29, 0.717) is 17.7 Å². The fourth-order valence-corrected chi connectivity index (χ4v) is 3.94. The molecule has 0 bridgehead atoms. The van der Waals surface area contributed by atoms with Gasteiger partial charge in [-0.3, -0.25) is 4.72 Å². The third-order valence-corrected chi connectivity index (χ3v) is 6.07. The molecule has 0 radical (unpaired) electrons. The first-order valence-corrected chi connectivity index (χ1v) is 10.7. The first-order valence-electron chi connectivity index (χ1n) is 9.25. The molecule has 1 aliphatic rings. The summed E-state index contributed by atoms with van der Waals surface area (Å²) in [6.07, 6.45) is 5.54. The van der Waals surface area contributed by atoms with E-state index < -0.39 is 10.0 Å². The SMILES string of the molecule is CC(C)(C)c1cc(NS(=O)(=O)c2ccc(C3CC3)cc2)n(-c2ncccn2)n1. The summed E-state index contributed by atoms with van der Waals surface area (Å²) < 4.78 is 30.0. The van der Waals surface area contributed by atoms with E-state index in [1.807, 2.05) is 32.9 Å². The topological polar surface area (TPSA) is 89.8 Å². The maximum Gasteiger partial charge on any atom is 0.263 e. The number of sulfonamides is 1. The Balaban J connectivity index is 1.70. The number of rotatable bonds is 5. The number of nitrogens with one attached hydrogen (secondary N) is 1. The first-order chi connectivity index (χ1) is 13.2. The Morgan fingerprint density at radius 3 is 2.29 bits per heavy atom. The molecular weight excluding hydrogens is 374 g/mol. The van der Waals surface area contributed by atoms with Crippen LogP contribution in [-0.4, -0.2) is 28.2 Å². The normalized spacial score (nSPS) is 14.8. The van der Waals surface area contributed by atoms with E-state index in [2.05, 4.69) is 19.8 Å². The molecule has 4 rings (SSSR count). The van der Waals surface area contributed by atoms with E-state index in [4.69, 9.17) is 0 Å². The molecule has 7 nitrogen and oxygen atoms in total. The minimum absolute atomic E-state index is 0.218. The van der Waals surface area contributed by atoms with Crippen molar-refractivity contribution in [1.82, 2.24) is 19.7 Å². The van der Waals surface area contributed by atoms with Gasteiger partial charge in [0, 0.05) is 23.9 Å². The lowest BCUT2D eigenvalue weighted by molar-refractivity contribution is 0.558. The molecule has 28 heavy (non-hydrogen) atoms. The fraction of sp³-hybridized carbons (Fsp3) is 0.350. The Labute approximate surface area is 164 Å². The van der Waals surface area contributed by atoms with Gasteiger partial charge < -0.3 is 0 Å². The number of nitrogens with zero attached hydrogens (tertiary/aromatic N) is 4. The third kappa shape index (κ3) is 3.77. The summed E-state index contributed by atoms with van der Waals surface area (Å²) in [6, 6.07) is 10.5. The molecule has 2 heterocycles.